The topological polar surface area (TPSA) is 38.3 Å². The van der Waals surface area contributed by atoms with Crippen molar-refractivity contribution in [3.8, 4) is 5.75 Å². The molecular weight excluding hydrogens is 382 g/mol. The number of benzene rings is 1. The smallest absolute Gasteiger partial charge is 0.256 e. The summed E-state index contributed by atoms with van der Waals surface area (Å²) in [5.74, 6) is 0.597. The normalized spacial score (nSPS) is 10.2. The van der Waals surface area contributed by atoms with Crippen LogP contribution in [-0.2, 0) is 0 Å². The fourth-order valence-corrected chi connectivity index (χ4v) is 3.05. The first-order chi connectivity index (χ1) is 8.60. The van der Waals surface area contributed by atoms with Crippen molar-refractivity contribution in [1.29, 1.82) is 0 Å². The van der Waals surface area contributed by atoms with Crippen molar-refractivity contribution in [3.05, 3.63) is 43.5 Å². The van der Waals surface area contributed by atoms with Crippen LogP contribution in [0.4, 0.5) is 5.69 Å². The first kappa shape index (κ1) is 13.6. The van der Waals surface area contributed by atoms with Crippen LogP contribution in [0, 0.1) is 0 Å². The van der Waals surface area contributed by atoms with E-state index in [-0.39, 0.29) is 5.91 Å². The molecule has 0 aliphatic rings. The van der Waals surface area contributed by atoms with E-state index in [4.69, 9.17) is 4.74 Å². The number of carbonyl (C=O) groups is 1. The van der Waals surface area contributed by atoms with Gasteiger partial charge in [-0.2, -0.15) is 0 Å². The molecule has 3 nitrogen and oxygen atoms in total. The molecule has 2 rings (SSSR count). The number of rotatable bonds is 3. The Bertz CT molecular complexity index is 583. The molecule has 1 aromatic carbocycles. The molecule has 0 spiro atoms. The number of carbonyl (C=O) groups excluding carboxylic acids is 1. The van der Waals surface area contributed by atoms with Gasteiger partial charge < -0.3 is 10.1 Å². The summed E-state index contributed by atoms with van der Waals surface area (Å²) in [6.45, 7) is 0. The molecule has 18 heavy (non-hydrogen) atoms. The highest BCUT2D eigenvalue weighted by atomic mass is 79.9. The van der Waals surface area contributed by atoms with Gasteiger partial charge in [0.05, 0.1) is 20.9 Å². The third-order valence-corrected chi connectivity index (χ3v) is 4.36. The van der Waals surface area contributed by atoms with Gasteiger partial charge in [-0.25, -0.2) is 0 Å². The summed E-state index contributed by atoms with van der Waals surface area (Å²) in [6.07, 6.45) is 0. The van der Waals surface area contributed by atoms with E-state index in [9.17, 15) is 4.79 Å². The summed E-state index contributed by atoms with van der Waals surface area (Å²) in [4.78, 5) is 11.9. The van der Waals surface area contributed by atoms with Crippen LogP contribution in [0.15, 0.2) is 37.9 Å². The number of nitrogens with one attached hydrogen (secondary N) is 1. The molecule has 1 amide bonds. The summed E-state index contributed by atoms with van der Waals surface area (Å²) in [7, 11) is 1.60. The maximum atomic E-state index is 11.9. The van der Waals surface area contributed by atoms with Gasteiger partial charge in [-0.1, -0.05) is 0 Å². The van der Waals surface area contributed by atoms with Crippen LogP contribution in [-0.4, -0.2) is 13.0 Å². The van der Waals surface area contributed by atoms with Gasteiger partial charge in [-0.3, -0.25) is 4.79 Å². The van der Waals surface area contributed by atoms with Gasteiger partial charge >= 0.3 is 0 Å². The van der Waals surface area contributed by atoms with Crippen LogP contribution < -0.4 is 10.1 Å². The molecule has 0 fully saturated rings. The predicted molar refractivity (Wildman–Crippen MR) is 80.7 cm³/mol. The number of hydrogen-bond donors (Lipinski definition) is 1. The quantitative estimate of drug-likeness (QED) is 0.835. The summed E-state index contributed by atoms with van der Waals surface area (Å²) in [5, 5.41) is 4.63. The molecule has 6 heteroatoms. The molecule has 1 aromatic heterocycles. The van der Waals surface area contributed by atoms with E-state index in [0.717, 1.165) is 19.7 Å². The SMILES string of the molecule is COc1ccc(NC(=O)c2csc(Br)c2)cc1Br. The van der Waals surface area contributed by atoms with Gasteiger partial charge in [0.1, 0.15) is 5.75 Å². The summed E-state index contributed by atoms with van der Waals surface area (Å²) in [6, 6.07) is 7.18. The van der Waals surface area contributed by atoms with Gasteiger partial charge in [-0.15, -0.1) is 11.3 Å². The summed E-state index contributed by atoms with van der Waals surface area (Å²) >= 11 is 8.19. The first-order valence-electron chi connectivity index (χ1n) is 4.99. The third-order valence-electron chi connectivity index (χ3n) is 2.24. The maximum Gasteiger partial charge on any atom is 0.256 e. The number of anilines is 1. The lowest BCUT2D eigenvalue weighted by Crippen LogP contribution is -2.10. The summed E-state index contributed by atoms with van der Waals surface area (Å²) in [5.41, 5.74) is 1.36. The lowest BCUT2D eigenvalue weighted by atomic mass is 10.2. The highest BCUT2D eigenvalue weighted by Gasteiger charge is 2.09. The standard InChI is InChI=1S/C12H9Br2NO2S/c1-17-10-3-2-8(5-9(10)13)15-12(16)7-4-11(14)18-6-7/h2-6H,1H3,(H,15,16). The minimum atomic E-state index is -0.131. The van der Waals surface area contributed by atoms with Crippen molar-refractivity contribution in [2.75, 3.05) is 12.4 Å². The van der Waals surface area contributed by atoms with Gasteiger partial charge in [0, 0.05) is 11.1 Å². The highest BCUT2D eigenvalue weighted by Crippen LogP contribution is 2.28. The molecular formula is C12H9Br2NO2S. The molecule has 1 heterocycles. The zero-order chi connectivity index (χ0) is 13.1. The fraction of sp³-hybridized carbons (Fsp3) is 0.0833. The monoisotopic (exact) mass is 389 g/mol. The second-order valence-corrected chi connectivity index (χ2v) is 6.59. The van der Waals surface area contributed by atoms with Crippen LogP contribution in [0.3, 0.4) is 0 Å². The van der Waals surface area contributed by atoms with Crippen molar-refractivity contribution in [1.82, 2.24) is 0 Å². The Balaban J connectivity index is 2.14. The van der Waals surface area contributed by atoms with Crippen molar-refractivity contribution >= 4 is 54.8 Å². The maximum absolute atomic E-state index is 11.9. The zero-order valence-corrected chi connectivity index (χ0v) is 13.4. The lowest BCUT2D eigenvalue weighted by molar-refractivity contribution is 0.102. The van der Waals surface area contributed by atoms with E-state index in [2.05, 4.69) is 37.2 Å². The Morgan fingerprint density at radius 2 is 2.11 bits per heavy atom. The Morgan fingerprint density at radius 1 is 1.33 bits per heavy atom. The predicted octanol–water partition coefficient (Wildman–Crippen LogP) is 4.53. The highest BCUT2D eigenvalue weighted by molar-refractivity contribution is 9.11. The van der Waals surface area contributed by atoms with E-state index in [1.54, 1.807) is 36.8 Å². The number of thiophene rings is 1. The van der Waals surface area contributed by atoms with Crippen molar-refractivity contribution in [2.24, 2.45) is 0 Å². The van der Waals surface area contributed by atoms with Crippen molar-refractivity contribution in [2.45, 2.75) is 0 Å². The average molecular weight is 391 g/mol. The number of methoxy groups -OCH3 is 1. The van der Waals surface area contributed by atoms with Gasteiger partial charge in [0.25, 0.3) is 5.91 Å². The minimum absolute atomic E-state index is 0.131. The Kier molecular flexibility index (Phi) is 4.42. The van der Waals surface area contributed by atoms with Crippen LogP contribution in [0.2, 0.25) is 0 Å². The lowest BCUT2D eigenvalue weighted by Gasteiger charge is -2.07. The molecule has 94 valence electrons. The minimum Gasteiger partial charge on any atom is -0.496 e. The van der Waals surface area contributed by atoms with E-state index < -0.39 is 0 Å². The van der Waals surface area contributed by atoms with Gasteiger partial charge in [0.2, 0.25) is 0 Å². The molecule has 0 unspecified atom stereocenters. The van der Waals surface area contributed by atoms with Crippen LogP contribution >= 0.6 is 43.2 Å². The van der Waals surface area contributed by atoms with Crippen LogP contribution in [0.25, 0.3) is 0 Å². The van der Waals surface area contributed by atoms with Gasteiger partial charge in [0.15, 0.2) is 0 Å². The Morgan fingerprint density at radius 3 is 2.67 bits per heavy atom. The van der Waals surface area contributed by atoms with Gasteiger partial charge in [-0.05, 0) is 56.1 Å². The van der Waals surface area contributed by atoms with E-state index in [0.29, 0.717) is 5.56 Å². The molecule has 0 saturated carbocycles. The third kappa shape index (κ3) is 3.13. The second kappa shape index (κ2) is 5.86. The first-order valence-corrected chi connectivity index (χ1v) is 7.45. The fourth-order valence-electron chi connectivity index (χ4n) is 1.38. The van der Waals surface area contributed by atoms with E-state index in [1.165, 1.54) is 11.3 Å². The molecule has 2 aromatic rings. The summed E-state index contributed by atoms with van der Waals surface area (Å²) < 4.78 is 6.86. The second-order valence-electron chi connectivity index (χ2n) is 3.44. The molecule has 0 aliphatic heterocycles. The number of halogens is 2. The largest absolute Gasteiger partial charge is 0.496 e. The van der Waals surface area contributed by atoms with Crippen molar-refractivity contribution in [3.63, 3.8) is 0 Å². The molecule has 0 radical (unpaired) electrons. The Labute approximate surface area is 125 Å². The molecule has 0 bridgehead atoms. The van der Waals surface area contributed by atoms with Crippen molar-refractivity contribution < 1.29 is 9.53 Å². The van der Waals surface area contributed by atoms with Crippen LogP contribution in [0.1, 0.15) is 10.4 Å². The Hall–Kier alpha value is -0.850. The molecule has 0 atom stereocenters. The molecule has 1 N–H and O–H groups in total. The molecule has 0 saturated heterocycles. The number of ether oxygens (including phenoxy) is 1. The number of amides is 1. The van der Waals surface area contributed by atoms with E-state index >= 15 is 0 Å². The molecule has 0 aliphatic carbocycles. The van der Waals surface area contributed by atoms with Crippen LogP contribution in [0.5, 0.6) is 5.75 Å². The number of hydrogen-bond acceptors (Lipinski definition) is 3. The zero-order valence-electron chi connectivity index (χ0n) is 9.37. The average Bonchev–Trinajstić information content (AvgIpc) is 2.76. The van der Waals surface area contributed by atoms with E-state index in [1.807, 2.05) is 0 Å².